The number of anilines is 2. The van der Waals surface area contributed by atoms with Gasteiger partial charge in [-0.15, -0.1) is 0 Å². The Labute approximate surface area is 147 Å². The van der Waals surface area contributed by atoms with Crippen molar-refractivity contribution < 1.29 is 22.7 Å². The van der Waals surface area contributed by atoms with E-state index in [9.17, 15) is 13.2 Å². The summed E-state index contributed by atoms with van der Waals surface area (Å²) in [6.07, 6.45) is 4.09. The summed E-state index contributed by atoms with van der Waals surface area (Å²) in [6.45, 7) is 1.62. The van der Waals surface area contributed by atoms with Crippen LogP contribution in [0, 0.1) is 0 Å². The number of hydrogen-bond acceptors (Lipinski definition) is 9. The van der Waals surface area contributed by atoms with E-state index in [0.29, 0.717) is 31.9 Å². The highest BCUT2D eigenvalue weighted by Gasteiger charge is 2.26. The Balaban J connectivity index is 1.99. The van der Waals surface area contributed by atoms with Gasteiger partial charge >= 0.3 is 5.97 Å². The lowest BCUT2D eigenvalue weighted by molar-refractivity contribution is -0.142. The van der Waals surface area contributed by atoms with Crippen molar-refractivity contribution in [2.45, 2.75) is 25.4 Å². The van der Waals surface area contributed by atoms with E-state index in [1.807, 2.05) is 4.90 Å². The van der Waals surface area contributed by atoms with Crippen molar-refractivity contribution in [2.24, 2.45) is 0 Å². The summed E-state index contributed by atoms with van der Waals surface area (Å²) < 4.78 is 33.1. The molecule has 140 valence electrons. The third kappa shape index (κ3) is 6.13. The molecule has 1 aliphatic rings. The van der Waals surface area contributed by atoms with Gasteiger partial charge in [-0.1, -0.05) is 0 Å². The van der Waals surface area contributed by atoms with E-state index < -0.39 is 9.84 Å². The number of aromatic nitrogens is 2. The molecule has 0 amide bonds. The normalized spacial score (nSPS) is 17.7. The molecule has 10 heteroatoms. The van der Waals surface area contributed by atoms with Crippen LogP contribution in [0.3, 0.4) is 0 Å². The Hall–Kier alpha value is -1.94. The van der Waals surface area contributed by atoms with Crippen molar-refractivity contribution in [1.29, 1.82) is 0 Å². The third-order valence-corrected chi connectivity index (χ3v) is 4.88. The van der Waals surface area contributed by atoms with Gasteiger partial charge in [-0.2, -0.15) is 4.98 Å². The lowest BCUT2D eigenvalue weighted by Crippen LogP contribution is -2.26. The number of nitrogen functional groups attached to an aromatic ring is 1. The number of esters is 1. The van der Waals surface area contributed by atoms with E-state index in [0.717, 1.165) is 12.0 Å². The second-order valence-electron chi connectivity index (χ2n) is 6.01. The van der Waals surface area contributed by atoms with Gasteiger partial charge in [-0.3, -0.25) is 4.79 Å². The van der Waals surface area contributed by atoms with Gasteiger partial charge in [0.05, 0.1) is 32.0 Å². The summed E-state index contributed by atoms with van der Waals surface area (Å²) in [5.74, 6) is 0.519. The van der Waals surface area contributed by atoms with Gasteiger partial charge in [0.15, 0.2) is 0 Å². The van der Waals surface area contributed by atoms with Crippen molar-refractivity contribution in [3.8, 4) is 0 Å². The minimum absolute atomic E-state index is 0.0244. The van der Waals surface area contributed by atoms with Crippen LogP contribution in [0.1, 0.15) is 18.4 Å². The Morgan fingerprint density at radius 2 is 2.24 bits per heavy atom. The Morgan fingerprint density at radius 3 is 2.92 bits per heavy atom. The first-order valence-electron chi connectivity index (χ1n) is 8.01. The van der Waals surface area contributed by atoms with Crippen LogP contribution in [0.25, 0.3) is 0 Å². The maximum absolute atomic E-state index is 11.4. The largest absolute Gasteiger partial charge is 0.469 e. The third-order valence-electron chi connectivity index (χ3n) is 3.93. The molecule has 1 saturated heterocycles. The number of carbonyl (C=O) groups excluding carboxylic acids is 1. The van der Waals surface area contributed by atoms with Gasteiger partial charge in [-0.25, -0.2) is 13.4 Å². The number of nitrogens with zero attached hydrogens (tertiary/aromatic N) is 3. The van der Waals surface area contributed by atoms with E-state index in [2.05, 4.69) is 14.7 Å². The molecule has 2 heterocycles. The van der Waals surface area contributed by atoms with Crippen LogP contribution in [-0.4, -0.2) is 69.3 Å². The van der Waals surface area contributed by atoms with E-state index in [1.165, 1.54) is 13.4 Å². The van der Waals surface area contributed by atoms with Gasteiger partial charge in [0, 0.05) is 31.1 Å². The number of methoxy groups -OCH3 is 1. The van der Waals surface area contributed by atoms with E-state index >= 15 is 0 Å². The highest BCUT2D eigenvalue weighted by atomic mass is 32.2. The predicted octanol–water partition coefficient (Wildman–Crippen LogP) is -0.196. The van der Waals surface area contributed by atoms with E-state index in [-0.39, 0.29) is 30.2 Å². The second kappa shape index (κ2) is 8.43. The molecule has 0 aromatic carbocycles. The molecular weight excluding hydrogens is 348 g/mol. The molecule has 2 N–H and O–H groups in total. The van der Waals surface area contributed by atoms with Gasteiger partial charge in [0.1, 0.15) is 15.7 Å². The zero-order chi connectivity index (χ0) is 18.4. The zero-order valence-electron chi connectivity index (χ0n) is 14.5. The Kier molecular flexibility index (Phi) is 6.54. The van der Waals surface area contributed by atoms with Crippen LogP contribution in [0.4, 0.5) is 11.8 Å². The van der Waals surface area contributed by atoms with Crippen molar-refractivity contribution in [3.05, 3.63) is 11.8 Å². The number of rotatable bonds is 8. The first kappa shape index (κ1) is 19.4. The highest BCUT2D eigenvalue weighted by Crippen LogP contribution is 2.24. The molecule has 9 nitrogen and oxygen atoms in total. The van der Waals surface area contributed by atoms with Crippen LogP contribution in [0.2, 0.25) is 0 Å². The van der Waals surface area contributed by atoms with Gasteiger partial charge in [-0.05, 0) is 12.8 Å². The fraction of sp³-hybridized carbons (Fsp3) is 0.667. The molecule has 0 aliphatic carbocycles. The van der Waals surface area contributed by atoms with Crippen LogP contribution >= 0.6 is 0 Å². The molecule has 1 atom stereocenters. The maximum Gasteiger partial charge on any atom is 0.307 e. The Bertz CT molecular complexity index is 710. The topological polar surface area (TPSA) is 125 Å². The predicted molar refractivity (Wildman–Crippen MR) is 93.1 cm³/mol. The average molecular weight is 372 g/mol. The van der Waals surface area contributed by atoms with Gasteiger partial charge < -0.3 is 20.1 Å². The SMILES string of the molecule is COC(=O)CCO[C@@H]1CCN(c2nc(N)ncc2CCS(C)(=O)=O)C1. The molecule has 0 saturated carbocycles. The van der Waals surface area contributed by atoms with Gasteiger partial charge in [0.25, 0.3) is 0 Å². The summed E-state index contributed by atoms with van der Waals surface area (Å²) in [6, 6.07) is 0. The lowest BCUT2D eigenvalue weighted by Gasteiger charge is -2.20. The summed E-state index contributed by atoms with van der Waals surface area (Å²) in [5, 5.41) is 0. The van der Waals surface area contributed by atoms with E-state index in [1.54, 1.807) is 6.20 Å². The molecular formula is C15H24N4O5S. The fourth-order valence-electron chi connectivity index (χ4n) is 2.62. The summed E-state index contributed by atoms with van der Waals surface area (Å²) >= 11 is 0. The Morgan fingerprint density at radius 1 is 1.48 bits per heavy atom. The lowest BCUT2D eigenvalue weighted by atomic mass is 10.2. The maximum atomic E-state index is 11.4. The van der Waals surface area contributed by atoms with Crippen LogP contribution in [0.5, 0.6) is 0 Å². The smallest absolute Gasteiger partial charge is 0.307 e. The molecule has 0 spiro atoms. The molecule has 0 unspecified atom stereocenters. The second-order valence-corrected chi connectivity index (χ2v) is 8.27. The molecule has 1 aromatic heterocycles. The van der Waals surface area contributed by atoms with Crippen molar-refractivity contribution in [1.82, 2.24) is 9.97 Å². The highest BCUT2D eigenvalue weighted by molar-refractivity contribution is 7.90. The van der Waals surface area contributed by atoms with E-state index in [4.69, 9.17) is 10.5 Å². The zero-order valence-corrected chi connectivity index (χ0v) is 15.3. The quantitative estimate of drug-likeness (QED) is 0.618. The summed E-state index contributed by atoms with van der Waals surface area (Å²) in [5.41, 5.74) is 6.44. The van der Waals surface area contributed by atoms with Crippen LogP contribution in [0.15, 0.2) is 6.20 Å². The molecule has 1 aliphatic heterocycles. The first-order chi connectivity index (χ1) is 11.8. The summed E-state index contributed by atoms with van der Waals surface area (Å²) in [7, 11) is -1.74. The minimum Gasteiger partial charge on any atom is -0.469 e. The van der Waals surface area contributed by atoms with Crippen LogP contribution < -0.4 is 10.6 Å². The standard InChI is InChI=1S/C15H24N4O5S/c1-23-13(20)4-7-24-12-3-6-19(10-12)14-11(5-8-25(2,21)22)9-17-15(16)18-14/h9,12H,3-8,10H2,1-2H3,(H2,16,17,18)/t12-/m1/s1. The number of nitrogens with two attached hydrogens (primary N) is 1. The molecule has 1 aromatic rings. The molecule has 1 fully saturated rings. The number of hydrogen-bond donors (Lipinski definition) is 1. The van der Waals surface area contributed by atoms with Crippen molar-refractivity contribution in [2.75, 3.05) is 49.4 Å². The number of aryl methyl sites for hydroxylation is 1. The summed E-state index contributed by atoms with van der Waals surface area (Å²) in [4.78, 5) is 21.4. The number of sulfone groups is 1. The number of carbonyl (C=O) groups is 1. The average Bonchev–Trinajstić information content (AvgIpc) is 3.01. The fourth-order valence-corrected chi connectivity index (χ4v) is 3.21. The molecule has 25 heavy (non-hydrogen) atoms. The van der Waals surface area contributed by atoms with Crippen LogP contribution in [-0.2, 0) is 30.5 Å². The first-order valence-corrected chi connectivity index (χ1v) is 10.1. The molecule has 0 radical (unpaired) electrons. The monoisotopic (exact) mass is 372 g/mol. The molecule has 2 rings (SSSR count). The molecule has 0 bridgehead atoms. The van der Waals surface area contributed by atoms with Crippen molar-refractivity contribution >= 4 is 27.6 Å². The van der Waals surface area contributed by atoms with Gasteiger partial charge in [0.2, 0.25) is 5.95 Å². The minimum atomic E-state index is -3.08. The number of ether oxygens (including phenoxy) is 2. The van der Waals surface area contributed by atoms with Crippen molar-refractivity contribution in [3.63, 3.8) is 0 Å².